The lowest BCUT2D eigenvalue weighted by Crippen LogP contribution is -2.44. The second-order valence-electron chi connectivity index (χ2n) is 5.44. The van der Waals surface area contributed by atoms with Gasteiger partial charge in [-0.05, 0) is 30.4 Å². The molecule has 0 amide bonds. The Hall–Kier alpha value is -1.31. The molecule has 0 aromatic heterocycles. The van der Waals surface area contributed by atoms with Crippen molar-refractivity contribution in [2.24, 2.45) is 5.73 Å². The summed E-state index contributed by atoms with van der Waals surface area (Å²) in [6.07, 6.45) is 4.06. The molecule has 2 aromatic carbocycles. The van der Waals surface area contributed by atoms with Gasteiger partial charge in [-0.2, -0.15) is 0 Å². The first-order valence-corrected chi connectivity index (χ1v) is 7.08. The Morgan fingerprint density at radius 3 is 1.55 bits per heavy atom. The van der Waals surface area contributed by atoms with Crippen LogP contribution >= 0.6 is 12.4 Å². The minimum Gasteiger partial charge on any atom is -0.324 e. The fraction of sp³-hybridized carbons (Fsp3) is 0.333. The van der Waals surface area contributed by atoms with E-state index in [0.29, 0.717) is 0 Å². The Bertz CT molecular complexity index is 440. The normalized spacial score (nSPS) is 10.9. The zero-order valence-corrected chi connectivity index (χ0v) is 12.9. The summed E-state index contributed by atoms with van der Waals surface area (Å²) in [7, 11) is 0. The van der Waals surface area contributed by atoms with Crippen molar-refractivity contribution >= 4 is 12.4 Å². The predicted octanol–water partition coefficient (Wildman–Crippen LogP) is 4.39. The monoisotopic (exact) mass is 289 g/mol. The molecule has 0 atom stereocenters. The molecule has 0 unspecified atom stereocenters. The largest absolute Gasteiger partial charge is 0.324 e. The summed E-state index contributed by atoms with van der Waals surface area (Å²) in [4.78, 5) is 0. The topological polar surface area (TPSA) is 26.0 Å². The molecule has 0 aliphatic carbocycles. The molecule has 2 heteroatoms. The minimum absolute atomic E-state index is 0. The summed E-state index contributed by atoms with van der Waals surface area (Å²) < 4.78 is 0. The molecular formula is C18H24ClN. The lowest BCUT2D eigenvalue weighted by molar-refractivity contribution is 0.383. The van der Waals surface area contributed by atoms with Crippen molar-refractivity contribution in [3.63, 3.8) is 0 Å². The van der Waals surface area contributed by atoms with Crippen LogP contribution in [0.25, 0.3) is 0 Å². The molecule has 0 bridgehead atoms. The molecule has 0 saturated heterocycles. The van der Waals surface area contributed by atoms with Crippen molar-refractivity contribution < 1.29 is 0 Å². The molecule has 1 nitrogen and oxygen atoms in total. The third kappa shape index (κ3) is 4.99. The van der Waals surface area contributed by atoms with E-state index in [2.05, 4.69) is 67.6 Å². The Morgan fingerprint density at radius 2 is 1.20 bits per heavy atom. The highest BCUT2D eigenvalue weighted by molar-refractivity contribution is 5.85. The fourth-order valence-electron chi connectivity index (χ4n) is 2.74. The first kappa shape index (κ1) is 16.7. The molecule has 0 spiro atoms. The zero-order chi connectivity index (χ0) is 13.6. The van der Waals surface area contributed by atoms with Gasteiger partial charge in [0.1, 0.15) is 0 Å². The second-order valence-corrected chi connectivity index (χ2v) is 5.44. The molecule has 0 aliphatic heterocycles. The average molecular weight is 290 g/mol. The number of hydrogen-bond donors (Lipinski definition) is 1. The molecule has 0 radical (unpaired) electrons. The second kappa shape index (κ2) is 8.08. The fourth-order valence-corrected chi connectivity index (χ4v) is 2.74. The Labute approximate surface area is 128 Å². The molecular weight excluding hydrogens is 266 g/mol. The number of nitrogens with two attached hydrogens (primary N) is 1. The van der Waals surface area contributed by atoms with Gasteiger partial charge in [0.15, 0.2) is 0 Å². The van der Waals surface area contributed by atoms with Crippen LogP contribution in [0.5, 0.6) is 0 Å². The first-order valence-electron chi connectivity index (χ1n) is 7.08. The highest BCUT2D eigenvalue weighted by atomic mass is 35.5. The van der Waals surface area contributed by atoms with Crippen LogP contribution in [0.2, 0.25) is 0 Å². The SMILES string of the molecule is CCCC(N)(Cc1ccccc1)Cc1ccccc1.Cl. The van der Waals surface area contributed by atoms with Gasteiger partial charge in [-0.3, -0.25) is 0 Å². The van der Waals surface area contributed by atoms with Gasteiger partial charge in [0.05, 0.1) is 0 Å². The van der Waals surface area contributed by atoms with E-state index in [4.69, 9.17) is 5.73 Å². The van der Waals surface area contributed by atoms with Crippen LogP contribution in [-0.4, -0.2) is 5.54 Å². The maximum atomic E-state index is 6.67. The van der Waals surface area contributed by atoms with E-state index >= 15 is 0 Å². The van der Waals surface area contributed by atoms with Crippen LogP contribution in [0.3, 0.4) is 0 Å². The standard InChI is InChI=1S/C18H23N.ClH/c1-2-13-18(19,14-16-9-5-3-6-10-16)15-17-11-7-4-8-12-17;/h3-12H,2,13-15,19H2,1H3;1H. The Morgan fingerprint density at radius 1 is 0.800 bits per heavy atom. The van der Waals surface area contributed by atoms with Crippen LogP contribution < -0.4 is 5.73 Å². The summed E-state index contributed by atoms with van der Waals surface area (Å²) in [5, 5.41) is 0. The zero-order valence-electron chi connectivity index (χ0n) is 12.1. The summed E-state index contributed by atoms with van der Waals surface area (Å²) >= 11 is 0. The van der Waals surface area contributed by atoms with E-state index < -0.39 is 0 Å². The number of hydrogen-bond acceptors (Lipinski definition) is 1. The number of halogens is 1. The van der Waals surface area contributed by atoms with Crippen molar-refractivity contribution in [1.29, 1.82) is 0 Å². The lowest BCUT2D eigenvalue weighted by Gasteiger charge is -2.30. The summed E-state index contributed by atoms with van der Waals surface area (Å²) in [6, 6.07) is 21.1. The summed E-state index contributed by atoms with van der Waals surface area (Å²) in [5.41, 5.74) is 9.19. The van der Waals surface area contributed by atoms with Crippen LogP contribution in [0.4, 0.5) is 0 Å². The molecule has 0 heterocycles. The van der Waals surface area contributed by atoms with Crippen LogP contribution in [0, 0.1) is 0 Å². The highest BCUT2D eigenvalue weighted by Gasteiger charge is 2.24. The number of benzene rings is 2. The molecule has 2 aromatic rings. The molecule has 2 N–H and O–H groups in total. The minimum atomic E-state index is -0.141. The van der Waals surface area contributed by atoms with Crippen LogP contribution in [-0.2, 0) is 12.8 Å². The van der Waals surface area contributed by atoms with E-state index in [-0.39, 0.29) is 17.9 Å². The molecule has 0 aliphatic rings. The van der Waals surface area contributed by atoms with Gasteiger partial charge in [-0.1, -0.05) is 74.0 Å². The molecule has 0 fully saturated rings. The molecule has 2 rings (SSSR count). The highest BCUT2D eigenvalue weighted by Crippen LogP contribution is 2.21. The van der Waals surface area contributed by atoms with Crippen molar-refractivity contribution in [2.45, 2.75) is 38.1 Å². The van der Waals surface area contributed by atoms with E-state index in [9.17, 15) is 0 Å². The predicted molar refractivity (Wildman–Crippen MR) is 89.4 cm³/mol. The van der Waals surface area contributed by atoms with Gasteiger partial charge in [0.25, 0.3) is 0 Å². The average Bonchev–Trinajstić information content (AvgIpc) is 2.41. The molecule has 0 saturated carbocycles. The van der Waals surface area contributed by atoms with E-state index in [1.54, 1.807) is 0 Å². The van der Waals surface area contributed by atoms with E-state index in [0.717, 1.165) is 25.7 Å². The molecule has 20 heavy (non-hydrogen) atoms. The number of rotatable bonds is 6. The van der Waals surface area contributed by atoms with Gasteiger partial charge in [-0.15, -0.1) is 12.4 Å². The van der Waals surface area contributed by atoms with Gasteiger partial charge >= 0.3 is 0 Å². The van der Waals surface area contributed by atoms with Gasteiger partial charge in [0.2, 0.25) is 0 Å². The Balaban J connectivity index is 0.00000200. The summed E-state index contributed by atoms with van der Waals surface area (Å²) in [6.45, 7) is 2.21. The summed E-state index contributed by atoms with van der Waals surface area (Å²) in [5.74, 6) is 0. The van der Waals surface area contributed by atoms with Crippen LogP contribution in [0.1, 0.15) is 30.9 Å². The van der Waals surface area contributed by atoms with Crippen LogP contribution in [0.15, 0.2) is 60.7 Å². The van der Waals surface area contributed by atoms with Crippen molar-refractivity contribution in [3.05, 3.63) is 71.8 Å². The molecule has 108 valence electrons. The van der Waals surface area contributed by atoms with Gasteiger partial charge in [-0.25, -0.2) is 0 Å². The lowest BCUT2D eigenvalue weighted by atomic mass is 9.82. The van der Waals surface area contributed by atoms with Crippen molar-refractivity contribution in [2.75, 3.05) is 0 Å². The third-order valence-electron chi connectivity index (χ3n) is 3.55. The Kier molecular flexibility index (Phi) is 6.77. The maximum Gasteiger partial charge on any atom is 0.0235 e. The quantitative estimate of drug-likeness (QED) is 0.838. The van der Waals surface area contributed by atoms with Crippen molar-refractivity contribution in [1.82, 2.24) is 0 Å². The first-order chi connectivity index (χ1) is 9.22. The van der Waals surface area contributed by atoms with Gasteiger partial charge < -0.3 is 5.73 Å². The van der Waals surface area contributed by atoms with E-state index in [1.165, 1.54) is 11.1 Å². The maximum absolute atomic E-state index is 6.67. The van der Waals surface area contributed by atoms with Crippen molar-refractivity contribution in [3.8, 4) is 0 Å². The third-order valence-corrected chi connectivity index (χ3v) is 3.55. The smallest absolute Gasteiger partial charge is 0.0235 e. The van der Waals surface area contributed by atoms with E-state index in [1.807, 2.05) is 0 Å². The van der Waals surface area contributed by atoms with Gasteiger partial charge in [0, 0.05) is 5.54 Å².